The molecule has 1 aliphatic rings. The van der Waals surface area contributed by atoms with Crippen molar-refractivity contribution in [2.24, 2.45) is 0 Å². The smallest absolute Gasteiger partial charge is 0.262 e. The Kier molecular flexibility index (Phi) is 4.79. The van der Waals surface area contributed by atoms with E-state index in [1.54, 1.807) is 0 Å². The van der Waals surface area contributed by atoms with Gasteiger partial charge in [-0.05, 0) is 24.6 Å². The molecule has 0 fully saturated rings. The number of rotatable bonds is 4. The number of carbonyl (C=O) groups excluding carboxylic acids is 3. The summed E-state index contributed by atoms with van der Waals surface area (Å²) in [7, 11) is 0. The number of nitrogens with zero attached hydrogens (tertiary/aromatic N) is 1. The normalized spacial score (nSPS) is 14.4. The minimum atomic E-state index is -0.555. The predicted octanol–water partition coefficient (Wildman–Crippen LogP) is 3.47. The third kappa shape index (κ3) is 3.38. The van der Waals surface area contributed by atoms with Gasteiger partial charge in [-0.2, -0.15) is 0 Å². The number of amides is 3. The summed E-state index contributed by atoms with van der Waals surface area (Å²) < 4.78 is 0. The van der Waals surface area contributed by atoms with Gasteiger partial charge in [0.05, 0.1) is 27.2 Å². The number of benzene rings is 2. The molecule has 3 rings (SSSR count). The van der Waals surface area contributed by atoms with Gasteiger partial charge < -0.3 is 5.32 Å². The van der Waals surface area contributed by atoms with Crippen molar-refractivity contribution in [2.45, 2.75) is 13.0 Å². The van der Waals surface area contributed by atoms with Gasteiger partial charge in [-0.1, -0.05) is 53.5 Å². The van der Waals surface area contributed by atoms with Gasteiger partial charge >= 0.3 is 0 Å². The van der Waals surface area contributed by atoms with Gasteiger partial charge in [-0.3, -0.25) is 19.3 Å². The molecule has 0 aliphatic carbocycles. The van der Waals surface area contributed by atoms with E-state index in [0.29, 0.717) is 0 Å². The van der Waals surface area contributed by atoms with Crippen molar-refractivity contribution < 1.29 is 14.4 Å². The maximum absolute atomic E-state index is 12.4. The first kappa shape index (κ1) is 17.5. The molecule has 0 radical (unpaired) electrons. The highest BCUT2D eigenvalue weighted by molar-refractivity contribution is 6.43. The van der Waals surface area contributed by atoms with Gasteiger partial charge in [0.2, 0.25) is 5.91 Å². The van der Waals surface area contributed by atoms with Crippen LogP contribution in [0.2, 0.25) is 10.0 Å². The molecule has 0 aromatic heterocycles. The van der Waals surface area contributed by atoms with Crippen LogP contribution in [0.3, 0.4) is 0 Å². The molecular weight excluding hydrogens is 363 g/mol. The highest BCUT2D eigenvalue weighted by Crippen LogP contribution is 2.31. The minimum Gasteiger partial charge on any atom is -0.348 e. The zero-order valence-corrected chi connectivity index (χ0v) is 14.8. The van der Waals surface area contributed by atoms with Crippen molar-refractivity contribution >= 4 is 40.9 Å². The Balaban J connectivity index is 1.72. The van der Waals surface area contributed by atoms with Gasteiger partial charge in [0.1, 0.15) is 6.54 Å². The van der Waals surface area contributed by atoms with Gasteiger partial charge in [0, 0.05) is 0 Å². The van der Waals surface area contributed by atoms with Crippen LogP contribution in [0.5, 0.6) is 0 Å². The van der Waals surface area contributed by atoms with E-state index in [1.165, 1.54) is 12.1 Å². The molecule has 128 valence electrons. The zero-order chi connectivity index (χ0) is 18.1. The molecule has 3 amide bonds. The predicted molar refractivity (Wildman–Crippen MR) is 94.8 cm³/mol. The van der Waals surface area contributed by atoms with Crippen LogP contribution in [0.4, 0.5) is 0 Å². The van der Waals surface area contributed by atoms with Crippen LogP contribution < -0.4 is 5.32 Å². The molecule has 1 aliphatic heterocycles. The van der Waals surface area contributed by atoms with E-state index in [9.17, 15) is 14.4 Å². The number of halogens is 2. The monoisotopic (exact) mass is 376 g/mol. The summed E-state index contributed by atoms with van der Waals surface area (Å²) in [5.41, 5.74) is 1.24. The van der Waals surface area contributed by atoms with E-state index in [4.69, 9.17) is 23.2 Å². The van der Waals surface area contributed by atoms with Crippen LogP contribution >= 0.6 is 23.2 Å². The number of fused-ring (bicyclic) bond motifs is 1. The Morgan fingerprint density at radius 3 is 2.08 bits per heavy atom. The number of imide groups is 1. The molecule has 2 aromatic rings. The van der Waals surface area contributed by atoms with Crippen LogP contribution in [-0.2, 0) is 4.79 Å². The summed E-state index contributed by atoms with van der Waals surface area (Å²) in [6, 6.07) is 11.9. The van der Waals surface area contributed by atoms with Crippen molar-refractivity contribution in [3.63, 3.8) is 0 Å². The quantitative estimate of drug-likeness (QED) is 0.830. The van der Waals surface area contributed by atoms with Crippen LogP contribution in [0.15, 0.2) is 42.5 Å². The molecule has 0 bridgehead atoms. The number of hydrogen-bond acceptors (Lipinski definition) is 3. The third-order valence-electron chi connectivity index (χ3n) is 3.99. The molecule has 0 spiro atoms. The van der Waals surface area contributed by atoms with Crippen molar-refractivity contribution in [3.8, 4) is 0 Å². The lowest BCUT2D eigenvalue weighted by Gasteiger charge is -2.17. The van der Waals surface area contributed by atoms with E-state index in [1.807, 2.05) is 37.3 Å². The second kappa shape index (κ2) is 6.86. The topological polar surface area (TPSA) is 66.5 Å². The number of nitrogens with one attached hydrogen (secondary N) is 1. The highest BCUT2D eigenvalue weighted by Gasteiger charge is 2.37. The van der Waals surface area contributed by atoms with Gasteiger partial charge in [-0.25, -0.2) is 0 Å². The highest BCUT2D eigenvalue weighted by atomic mass is 35.5. The SMILES string of the molecule is C[C@@H](NC(=O)CN1C(=O)c2cc(Cl)c(Cl)cc2C1=O)c1ccccc1. The zero-order valence-electron chi connectivity index (χ0n) is 13.3. The van der Waals surface area contributed by atoms with Crippen molar-refractivity contribution in [1.29, 1.82) is 0 Å². The second-order valence-electron chi connectivity index (χ2n) is 5.71. The summed E-state index contributed by atoms with van der Waals surface area (Å²) in [4.78, 5) is 37.9. The second-order valence-corrected chi connectivity index (χ2v) is 6.52. The van der Waals surface area contributed by atoms with Crippen molar-refractivity contribution in [1.82, 2.24) is 10.2 Å². The first-order chi connectivity index (χ1) is 11.9. The fourth-order valence-electron chi connectivity index (χ4n) is 2.68. The van der Waals surface area contributed by atoms with Gasteiger partial charge in [0.25, 0.3) is 11.8 Å². The minimum absolute atomic E-state index is 0.156. The third-order valence-corrected chi connectivity index (χ3v) is 4.71. The molecule has 5 nitrogen and oxygen atoms in total. The number of carbonyl (C=O) groups is 3. The Bertz CT molecular complexity index is 827. The summed E-state index contributed by atoms with van der Waals surface area (Å²) in [6.07, 6.45) is 0. The maximum atomic E-state index is 12.4. The van der Waals surface area contributed by atoms with E-state index in [-0.39, 0.29) is 33.8 Å². The Labute approximate surface area is 154 Å². The summed E-state index contributed by atoms with van der Waals surface area (Å²) in [5.74, 6) is -1.54. The van der Waals surface area contributed by atoms with Crippen LogP contribution in [0, 0.1) is 0 Å². The van der Waals surface area contributed by atoms with Crippen LogP contribution in [0.1, 0.15) is 39.2 Å². The average molecular weight is 377 g/mol. The fraction of sp³-hybridized carbons (Fsp3) is 0.167. The molecule has 25 heavy (non-hydrogen) atoms. The largest absolute Gasteiger partial charge is 0.348 e. The van der Waals surface area contributed by atoms with Gasteiger partial charge in [-0.15, -0.1) is 0 Å². The Morgan fingerprint density at radius 2 is 1.56 bits per heavy atom. The first-order valence-corrected chi connectivity index (χ1v) is 8.33. The first-order valence-electron chi connectivity index (χ1n) is 7.58. The van der Waals surface area contributed by atoms with Crippen molar-refractivity contribution in [3.05, 3.63) is 69.2 Å². The Hall–Kier alpha value is -2.37. The van der Waals surface area contributed by atoms with Crippen molar-refractivity contribution in [2.75, 3.05) is 6.54 Å². The molecule has 7 heteroatoms. The Morgan fingerprint density at radius 1 is 1.04 bits per heavy atom. The molecule has 1 atom stereocenters. The molecule has 0 saturated heterocycles. The van der Waals surface area contributed by atoms with E-state index in [2.05, 4.69) is 5.32 Å². The van der Waals surface area contributed by atoms with E-state index in [0.717, 1.165) is 10.5 Å². The molecule has 1 N–H and O–H groups in total. The summed E-state index contributed by atoms with van der Waals surface area (Å²) in [5, 5.41) is 3.15. The molecule has 0 saturated carbocycles. The lowest BCUT2D eigenvalue weighted by molar-refractivity contribution is -0.122. The standard InChI is InChI=1S/C18H14Cl2N2O3/c1-10(11-5-3-2-4-6-11)21-16(23)9-22-17(24)12-7-14(19)15(20)8-13(12)18(22)25/h2-8,10H,9H2,1H3,(H,21,23)/t10-/m1/s1. The fourth-order valence-corrected chi connectivity index (χ4v) is 3.01. The van der Waals surface area contributed by atoms with Gasteiger partial charge in [0.15, 0.2) is 0 Å². The molecule has 0 unspecified atom stereocenters. The van der Waals surface area contributed by atoms with Crippen LogP contribution in [0.25, 0.3) is 0 Å². The lowest BCUT2D eigenvalue weighted by atomic mass is 10.1. The van der Waals surface area contributed by atoms with Crippen LogP contribution in [-0.4, -0.2) is 29.2 Å². The van der Waals surface area contributed by atoms with E-state index < -0.39 is 17.7 Å². The molecular formula is C18H14Cl2N2O3. The number of hydrogen-bond donors (Lipinski definition) is 1. The summed E-state index contributed by atoms with van der Waals surface area (Å²) >= 11 is 11.8. The molecule has 1 heterocycles. The maximum Gasteiger partial charge on any atom is 0.262 e. The molecule has 2 aromatic carbocycles. The van der Waals surface area contributed by atoms with E-state index >= 15 is 0 Å². The average Bonchev–Trinajstić information content (AvgIpc) is 2.81. The lowest BCUT2D eigenvalue weighted by Crippen LogP contribution is -2.41. The summed E-state index contributed by atoms with van der Waals surface area (Å²) in [6.45, 7) is 1.47.